The third-order valence-corrected chi connectivity index (χ3v) is 6.40. The Hall–Kier alpha value is -3.20. The first-order valence-corrected chi connectivity index (χ1v) is 9.64. The van der Waals surface area contributed by atoms with E-state index < -0.39 is 10.8 Å². The highest BCUT2D eigenvalue weighted by Crippen LogP contribution is 2.72. The maximum atomic E-state index is 13.7. The quantitative estimate of drug-likeness (QED) is 0.633. The molecule has 1 heterocycles. The number of nitrogens with zero attached hydrogens (tertiary/aromatic N) is 1. The number of hydrogen-bond acceptors (Lipinski definition) is 2. The highest BCUT2D eigenvalue weighted by Gasteiger charge is 2.77. The zero-order chi connectivity index (χ0) is 19.4. The number of rotatable bonds is 3. The largest absolute Gasteiger partial charge is 0.274 e. The monoisotopic (exact) mass is 367 g/mol. The average molecular weight is 367 g/mol. The maximum Gasteiger partial charge on any atom is 0.241 e. The van der Waals surface area contributed by atoms with Crippen LogP contribution >= 0.6 is 0 Å². The van der Waals surface area contributed by atoms with Crippen LogP contribution in [0.4, 0.5) is 5.69 Å². The summed E-state index contributed by atoms with van der Waals surface area (Å²) in [7, 11) is 0. The molecule has 138 valence electrons. The first kappa shape index (κ1) is 16.9. The van der Waals surface area contributed by atoms with Gasteiger partial charge in [0.1, 0.15) is 0 Å². The van der Waals surface area contributed by atoms with Gasteiger partial charge in [0.2, 0.25) is 11.8 Å². The predicted molar refractivity (Wildman–Crippen MR) is 109 cm³/mol. The number of hydrogen-bond donors (Lipinski definition) is 0. The molecule has 3 heteroatoms. The fourth-order valence-electron chi connectivity index (χ4n) is 4.94. The Morgan fingerprint density at radius 1 is 0.750 bits per heavy atom. The van der Waals surface area contributed by atoms with Crippen LogP contribution < -0.4 is 4.90 Å². The van der Waals surface area contributed by atoms with E-state index >= 15 is 0 Å². The smallest absolute Gasteiger partial charge is 0.241 e. The third-order valence-electron chi connectivity index (χ3n) is 6.40. The molecule has 1 spiro atoms. The van der Waals surface area contributed by atoms with E-state index in [2.05, 4.69) is 24.3 Å². The summed E-state index contributed by atoms with van der Waals surface area (Å²) in [6.07, 6.45) is 0.921. The minimum absolute atomic E-state index is 0.0749. The molecule has 5 rings (SSSR count). The highest BCUT2D eigenvalue weighted by molar-refractivity contribution is 6.25. The molecule has 28 heavy (non-hydrogen) atoms. The van der Waals surface area contributed by atoms with Gasteiger partial charge < -0.3 is 0 Å². The zero-order valence-corrected chi connectivity index (χ0v) is 15.8. The average Bonchev–Trinajstić information content (AvgIpc) is 3.34. The Balaban J connectivity index is 1.63. The SMILES string of the molecule is Cc1ccc(N2C(=O)C[C@@]3(CC3(c3ccccc3)c3ccccc3)C2=O)cc1. The van der Waals surface area contributed by atoms with Gasteiger partial charge in [0, 0.05) is 11.8 Å². The molecule has 1 saturated carbocycles. The molecule has 3 aromatic carbocycles. The summed E-state index contributed by atoms with van der Waals surface area (Å²) in [5.41, 5.74) is 2.84. The zero-order valence-electron chi connectivity index (χ0n) is 15.8. The van der Waals surface area contributed by atoms with Crippen molar-refractivity contribution in [2.45, 2.75) is 25.2 Å². The van der Waals surface area contributed by atoms with Crippen LogP contribution in [0.25, 0.3) is 0 Å². The van der Waals surface area contributed by atoms with E-state index in [4.69, 9.17) is 0 Å². The molecule has 0 bridgehead atoms. The number of carbonyl (C=O) groups excluding carboxylic acids is 2. The number of anilines is 1. The third kappa shape index (κ3) is 2.16. The summed E-state index contributed by atoms with van der Waals surface area (Å²) >= 11 is 0. The van der Waals surface area contributed by atoms with Crippen molar-refractivity contribution in [1.82, 2.24) is 0 Å². The van der Waals surface area contributed by atoms with Crippen LogP contribution in [0.15, 0.2) is 84.9 Å². The lowest BCUT2D eigenvalue weighted by atomic mass is 9.79. The van der Waals surface area contributed by atoms with Crippen LogP contribution in [0.3, 0.4) is 0 Å². The van der Waals surface area contributed by atoms with Gasteiger partial charge in [0.15, 0.2) is 0 Å². The summed E-state index contributed by atoms with van der Waals surface area (Å²) < 4.78 is 0. The fourth-order valence-corrected chi connectivity index (χ4v) is 4.94. The minimum atomic E-state index is -0.697. The van der Waals surface area contributed by atoms with Crippen LogP contribution in [0.5, 0.6) is 0 Å². The molecule has 2 aliphatic rings. The van der Waals surface area contributed by atoms with E-state index in [0.29, 0.717) is 12.1 Å². The van der Waals surface area contributed by atoms with Gasteiger partial charge in [-0.05, 0) is 36.6 Å². The fraction of sp³-hybridized carbons (Fsp3) is 0.200. The van der Waals surface area contributed by atoms with Gasteiger partial charge in [-0.3, -0.25) is 14.5 Å². The Labute approximate surface area is 164 Å². The molecule has 1 aliphatic heterocycles. The maximum absolute atomic E-state index is 13.7. The molecule has 3 aromatic rings. The molecule has 1 atom stereocenters. The molecule has 0 aromatic heterocycles. The van der Waals surface area contributed by atoms with Gasteiger partial charge >= 0.3 is 0 Å². The lowest BCUT2D eigenvalue weighted by molar-refractivity contribution is -0.123. The molecule has 2 fully saturated rings. The Morgan fingerprint density at radius 3 is 1.82 bits per heavy atom. The van der Waals surface area contributed by atoms with Gasteiger partial charge in [0.05, 0.1) is 11.1 Å². The van der Waals surface area contributed by atoms with Crippen molar-refractivity contribution < 1.29 is 9.59 Å². The molecular weight excluding hydrogens is 346 g/mol. The van der Waals surface area contributed by atoms with E-state index in [1.807, 2.05) is 67.6 Å². The summed E-state index contributed by atoms with van der Waals surface area (Å²) in [5.74, 6) is -0.184. The summed E-state index contributed by atoms with van der Waals surface area (Å²) in [6, 6.07) is 27.9. The number of carbonyl (C=O) groups is 2. The van der Waals surface area contributed by atoms with E-state index in [-0.39, 0.29) is 18.2 Å². The van der Waals surface area contributed by atoms with Crippen molar-refractivity contribution in [3.05, 3.63) is 102 Å². The summed E-state index contributed by atoms with van der Waals surface area (Å²) in [4.78, 5) is 28.0. The van der Waals surface area contributed by atoms with Crippen molar-refractivity contribution in [3.63, 3.8) is 0 Å². The second-order valence-corrected chi connectivity index (χ2v) is 7.94. The van der Waals surface area contributed by atoms with E-state index in [9.17, 15) is 9.59 Å². The number of benzene rings is 3. The van der Waals surface area contributed by atoms with Gasteiger partial charge in [-0.15, -0.1) is 0 Å². The van der Waals surface area contributed by atoms with Crippen molar-refractivity contribution >= 4 is 17.5 Å². The normalized spacial score (nSPS) is 22.7. The highest BCUT2D eigenvalue weighted by atomic mass is 16.2. The molecule has 0 unspecified atom stereocenters. The lowest BCUT2D eigenvalue weighted by Gasteiger charge is -2.23. The first-order valence-electron chi connectivity index (χ1n) is 9.64. The Bertz CT molecular complexity index is 1020. The minimum Gasteiger partial charge on any atom is -0.274 e. The van der Waals surface area contributed by atoms with Gasteiger partial charge in [-0.2, -0.15) is 0 Å². The molecule has 2 amide bonds. The number of amides is 2. The molecule has 0 N–H and O–H groups in total. The van der Waals surface area contributed by atoms with E-state index in [1.165, 1.54) is 4.90 Å². The van der Waals surface area contributed by atoms with Crippen molar-refractivity contribution in [1.29, 1.82) is 0 Å². The Morgan fingerprint density at radius 2 is 1.29 bits per heavy atom. The second kappa shape index (κ2) is 5.90. The van der Waals surface area contributed by atoms with Crippen LogP contribution in [0.2, 0.25) is 0 Å². The molecular formula is C25H21NO2. The Kier molecular flexibility index (Phi) is 3.57. The van der Waals surface area contributed by atoms with E-state index in [0.717, 1.165) is 16.7 Å². The molecule has 1 saturated heterocycles. The van der Waals surface area contributed by atoms with Gasteiger partial charge in [0.25, 0.3) is 0 Å². The second-order valence-electron chi connectivity index (χ2n) is 7.94. The van der Waals surface area contributed by atoms with Crippen LogP contribution in [0.1, 0.15) is 29.5 Å². The van der Waals surface area contributed by atoms with Crippen molar-refractivity contribution in [3.8, 4) is 0 Å². The summed E-state index contributed by atoms with van der Waals surface area (Å²) in [6.45, 7) is 2.00. The molecule has 3 nitrogen and oxygen atoms in total. The standard InChI is InChI=1S/C25H21NO2/c1-18-12-14-21(15-13-18)26-22(27)16-24(23(26)28)17-25(24,19-8-4-2-5-9-19)20-10-6-3-7-11-20/h2-15H,16-17H2,1H3/t24-/m1/s1. The predicted octanol–water partition coefficient (Wildman–Crippen LogP) is 4.63. The lowest BCUT2D eigenvalue weighted by Crippen LogP contribution is -2.33. The van der Waals surface area contributed by atoms with Crippen molar-refractivity contribution in [2.75, 3.05) is 4.90 Å². The van der Waals surface area contributed by atoms with Gasteiger partial charge in [-0.25, -0.2) is 0 Å². The summed E-state index contributed by atoms with van der Waals surface area (Å²) in [5, 5.41) is 0. The van der Waals surface area contributed by atoms with E-state index in [1.54, 1.807) is 0 Å². The topological polar surface area (TPSA) is 37.4 Å². The van der Waals surface area contributed by atoms with Gasteiger partial charge in [-0.1, -0.05) is 78.4 Å². The number of imide groups is 1. The van der Waals surface area contributed by atoms with Crippen LogP contribution in [-0.4, -0.2) is 11.8 Å². The first-order chi connectivity index (χ1) is 13.6. The molecule has 0 radical (unpaired) electrons. The van der Waals surface area contributed by atoms with Crippen molar-refractivity contribution in [2.24, 2.45) is 5.41 Å². The number of aryl methyl sites for hydroxylation is 1. The molecule has 1 aliphatic carbocycles. The van der Waals surface area contributed by atoms with Crippen LogP contribution in [0, 0.1) is 12.3 Å². The van der Waals surface area contributed by atoms with Crippen LogP contribution in [-0.2, 0) is 15.0 Å².